The molecule has 1 amide bonds. The van der Waals surface area contributed by atoms with Crippen LogP contribution in [0, 0.1) is 0 Å². The van der Waals surface area contributed by atoms with Crippen LogP contribution in [-0.2, 0) is 9.63 Å². The Bertz CT molecular complexity index is 74.5. The standard InChI is InChI=1S/C4H9NO2.2C2H6/c1-4(6)5(2)7-3;2*1-2/h1-3H3;2*1-2H3. The summed E-state index contributed by atoms with van der Waals surface area (Å²) >= 11 is 0. The van der Waals surface area contributed by atoms with Gasteiger partial charge in [0.25, 0.3) is 0 Å². The Morgan fingerprint density at radius 3 is 1.45 bits per heavy atom. The summed E-state index contributed by atoms with van der Waals surface area (Å²) in [5.74, 6) is -0.0949. The minimum Gasteiger partial charge on any atom is -0.275 e. The molecular weight excluding hydrogens is 142 g/mol. The normalized spacial score (nSPS) is 6.45. The van der Waals surface area contributed by atoms with Crippen LogP contribution in [0.1, 0.15) is 34.6 Å². The largest absolute Gasteiger partial charge is 0.275 e. The van der Waals surface area contributed by atoms with Crippen molar-refractivity contribution in [2.24, 2.45) is 0 Å². The number of rotatable bonds is 1. The molecule has 0 rings (SSSR count). The molecule has 0 aliphatic heterocycles. The predicted molar refractivity (Wildman–Crippen MR) is 48.1 cm³/mol. The van der Waals surface area contributed by atoms with Gasteiger partial charge in [-0.05, 0) is 0 Å². The van der Waals surface area contributed by atoms with E-state index in [-0.39, 0.29) is 5.91 Å². The van der Waals surface area contributed by atoms with Crippen LogP contribution in [0.2, 0.25) is 0 Å². The first-order chi connectivity index (χ1) is 5.18. The SMILES string of the molecule is CC.CC.CON(C)C(C)=O. The molecule has 3 heteroatoms. The summed E-state index contributed by atoms with van der Waals surface area (Å²) in [5.41, 5.74) is 0. The van der Waals surface area contributed by atoms with Gasteiger partial charge in [0.15, 0.2) is 0 Å². The summed E-state index contributed by atoms with van der Waals surface area (Å²) in [4.78, 5) is 14.7. The summed E-state index contributed by atoms with van der Waals surface area (Å²) < 4.78 is 0. The van der Waals surface area contributed by atoms with Gasteiger partial charge in [-0.15, -0.1) is 0 Å². The Labute approximate surface area is 70.3 Å². The van der Waals surface area contributed by atoms with E-state index in [0.29, 0.717) is 0 Å². The molecule has 11 heavy (non-hydrogen) atoms. The first kappa shape index (κ1) is 16.8. The highest BCUT2D eigenvalue weighted by atomic mass is 16.7. The first-order valence-corrected chi connectivity index (χ1v) is 3.97. The number of hydrogen-bond acceptors (Lipinski definition) is 2. The molecule has 0 aliphatic carbocycles. The van der Waals surface area contributed by atoms with Crippen LogP contribution in [0.4, 0.5) is 0 Å². The topological polar surface area (TPSA) is 29.5 Å². The average molecular weight is 163 g/mol. The zero-order valence-electron chi connectivity index (χ0n) is 8.76. The predicted octanol–water partition coefficient (Wildman–Crippen LogP) is 2.08. The van der Waals surface area contributed by atoms with E-state index in [9.17, 15) is 4.79 Å². The van der Waals surface area contributed by atoms with Gasteiger partial charge in [0.05, 0.1) is 7.11 Å². The molecule has 0 saturated heterocycles. The monoisotopic (exact) mass is 163 g/mol. The molecule has 0 radical (unpaired) electrons. The summed E-state index contributed by atoms with van der Waals surface area (Å²) in [6.45, 7) is 9.43. The van der Waals surface area contributed by atoms with Crippen LogP contribution in [0.25, 0.3) is 0 Å². The third-order valence-electron chi connectivity index (χ3n) is 0.717. The molecular formula is C8H21NO2. The van der Waals surface area contributed by atoms with Crippen LogP contribution in [0.3, 0.4) is 0 Å². The smallest absolute Gasteiger partial charge is 0.242 e. The van der Waals surface area contributed by atoms with Gasteiger partial charge >= 0.3 is 0 Å². The van der Waals surface area contributed by atoms with Crippen molar-refractivity contribution in [1.82, 2.24) is 5.06 Å². The summed E-state index contributed by atoms with van der Waals surface area (Å²) in [5, 5.41) is 1.15. The molecule has 0 saturated carbocycles. The van der Waals surface area contributed by atoms with Crippen molar-refractivity contribution in [3.05, 3.63) is 0 Å². The van der Waals surface area contributed by atoms with E-state index >= 15 is 0 Å². The van der Waals surface area contributed by atoms with Crippen molar-refractivity contribution >= 4 is 5.91 Å². The molecule has 0 aromatic rings. The number of amides is 1. The highest BCUT2D eigenvalue weighted by Crippen LogP contribution is 1.78. The summed E-state index contributed by atoms with van der Waals surface area (Å²) in [7, 11) is 3.00. The number of carbonyl (C=O) groups is 1. The van der Waals surface area contributed by atoms with E-state index in [1.807, 2.05) is 27.7 Å². The summed E-state index contributed by atoms with van der Waals surface area (Å²) in [6, 6.07) is 0. The van der Waals surface area contributed by atoms with E-state index in [1.54, 1.807) is 7.05 Å². The molecule has 70 valence electrons. The van der Waals surface area contributed by atoms with E-state index < -0.39 is 0 Å². The molecule has 0 bridgehead atoms. The maximum Gasteiger partial charge on any atom is 0.242 e. The molecule has 0 aromatic heterocycles. The Kier molecular flexibility index (Phi) is 24.8. The molecule has 0 heterocycles. The van der Waals surface area contributed by atoms with Crippen molar-refractivity contribution in [2.75, 3.05) is 14.2 Å². The molecule has 0 fully saturated rings. The molecule has 0 unspecified atom stereocenters. The Balaban J connectivity index is -0.000000138. The van der Waals surface area contributed by atoms with Crippen molar-refractivity contribution in [2.45, 2.75) is 34.6 Å². The lowest BCUT2D eigenvalue weighted by Gasteiger charge is -2.08. The van der Waals surface area contributed by atoms with Gasteiger partial charge in [-0.25, -0.2) is 5.06 Å². The third kappa shape index (κ3) is 17.7. The number of nitrogens with zero attached hydrogens (tertiary/aromatic N) is 1. The molecule has 0 aromatic carbocycles. The van der Waals surface area contributed by atoms with Gasteiger partial charge in [-0.2, -0.15) is 0 Å². The zero-order valence-corrected chi connectivity index (χ0v) is 8.76. The highest BCUT2D eigenvalue weighted by Gasteiger charge is 1.94. The number of hydrogen-bond donors (Lipinski definition) is 0. The van der Waals surface area contributed by atoms with Gasteiger partial charge in [-0.1, -0.05) is 27.7 Å². The van der Waals surface area contributed by atoms with Crippen LogP contribution in [-0.4, -0.2) is 25.1 Å². The third-order valence-corrected chi connectivity index (χ3v) is 0.717. The quantitative estimate of drug-likeness (QED) is 0.554. The van der Waals surface area contributed by atoms with Gasteiger partial charge in [0, 0.05) is 14.0 Å². The second-order valence-electron chi connectivity index (χ2n) is 1.20. The fourth-order valence-electron chi connectivity index (χ4n) is 0.129. The fourth-order valence-corrected chi connectivity index (χ4v) is 0.129. The van der Waals surface area contributed by atoms with Gasteiger partial charge in [0.2, 0.25) is 5.91 Å². The Morgan fingerprint density at radius 1 is 1.18 bits per heavy atom. The zero-order chi connectivity index (χ0) is 9.86. The highest BCUT2D eigenvalue weighted by molar-refractivity contribution is 5.71. The van der Waals surface area contributed by atoms with Gasteiger partial charge < -0.3 is 0 Å². The van der Waals surface area contributed by atoms with E-state index in [0.717, 1.165) is 5.06 Å². The van der Waals surface area contributed by atoms with E-state index in [2.05, 4.69) is 4.84 Å². The van der Waals surface area contributed by atoms with E-state index in [4.69, 9.17) is 0 Å². The molecule has 0 aliphatic rings. The lowest BCUT2D eigenvalue weighted by Crippen LogP contribution is -2.21. The van der Waals surface area contributed by atoms with E-state index in [1.165, 1.54) is 14.0 Å². The van der Waals surface area contributed by atoms with Crippen molar-refractivity contribution in [1.29, 1.82) is 0 Å². The maximum atomic E-state index is 10.2. The minimum absolute atomic E-state index is 0.0949. The second kappa shape index (κ2) is 16.2. The number of carbonyl (C=O) groups excluding carboxylic acids is 1. The second-order valence-corrected chi connectivity index (χ2v) is 1.20. The molecule has 0 N–H and O–H groups in total. The number of hydroxylamine groups is 2. The van der Waals surface area contributed by atoms with Crippen LogP contribution in [0.15, 0.2) is 0 Å². The molecule has 0 spiro atoms. The average Bonchev–Trinajstić information content (AvgIpc) is 2.10. The Hall–Kier alpha value is -0.570. The minimum atomic E-state index is -0.0949. The first-order valence-electron chi connectivity index (χ1n) is 3.97. The van der Waals surface area contributed by atoms with Crippen LogP contribution < -0.4 is 0 Å². The molecule has 3 nitrogen and oxygen atoms in total. The maximum absolute atomic E-state index is 10.2. The van der Waals surface area contributed by atoms with Gasteiger partial charge in [-0.3, -0.25) is 9.63 Å². The van der Waals surface area contributed by atoms with Crippen LogP contribution in [0.5, 0.6) is 0 Å². The summed E-state index contributed by atoms with van der Waals surface area (Å²) in [6.07, 6.45) is 0. The van der Waals surface area contributed by atoms with Crippen molar-refractivity contribution in [3.63, 3.8) is 0 Å². The van der Waals surface area contributed by atoms with Gasteiger partial charge in [0.1, 0.15) is 0 Å². The lowest BCUT2D eigenvalue weighted by molar-refractivity contribution is -0.165. The van der Waals surface area contributed by atoms with Crippen LogP contribution >= 0.6 is 0 Å². The van der Waals surface area contributed by atoms with Crippen molar-refractivity contribution in [3.8, 4) is 0 Å². The lowest BCUT2D eigenvalue weighted by atomic mass is 10.7. The molecule has 0 atom stereocenters. The van der Waals surface area contributed by atoms with Crippen molar-refractivity contribution < 1.29 is 9.63 Å². The fraction of sp³-hybridized carbons (Fsp3) is 0.875. The Morgan fingerprint density at radius 2 is 1.45 bits per heavy atom.